The Hall–Kier alpha value is -1.63. The molecule has 1 fully saturated rings. The Morgan fingerprint density at radius 2 is 2.20 bits per heavy atom. The quantitative estimate of drug-likeness (QED) is 0.644. The maximum atomic E-state index is 11.8. The third kappa shape index (κ3) is 2.77. The van der Waals surface area contributed by atoms with Crippen molar-refractivity contribution in [2.45, 2.75) is 24.0 Å². The van der Waals surface area contributed by atoms with Crippen LogP contribution in [0, 0.1) is 10.1 Å². The van der Waals surface area contributed by atoms with Gasteiger partial charge in [-0.05, 0) is 18.9 Å². The lowest BCUT2D eigenvalue weighted by molar-refractivity contribution is -0.385. The van der Waals surface area contributed by atoms with Crippen molar-refractivity contribution in [2.75, 3.05) is 25.2 Å². The van der Waals surface area contributed by atoms with Gasteiger partial charge in [0.15, 0.2) is 5.75 Å². The zero-order valence-electron chi connectivity index (χ0n) is 11.5. The molecular weight excluding hydrogens is 280 g/mol. The van der Waals surface area contributed by atoms with Crippen molar-refractivity contribution < 1.29 is 13.9 Å². The Morgan fingerprint density at radius 3 is 2.65 bits per heavy atom. The summed E-state index contributed by atoms with van der Waals surface area (Å²) in [6, 6.07) is 4.66. The van der Waals surface area contributed by atoms with E-state index in [9.17, 15) is 14.3 Å². The Kier molecular flexibility index (Phi) is 4.27. The minimum absolute atomic E-state index is 0.0597. The van der Waals surface area contributed by atoms with Crippen molar-refractivity contribution in [3.05, 3.63) is 28.3 Å². The van der Waals surface area contributed by atoms with Gasteiger partial charge in [0.1, 0.15) is 0 Å². The summed E-state index contributed by atoms with van der Waals surface area (Å²) >= 11 is 0. The van der Waals surface area contributed by atoms with Gasteiger partial charge in [0.25, 0.3) is 0 Å². The molecule has 0 saturated heterocycles. The molecule has 1 aromatic rings. The first-order valence-corrected chi connectivity index (χ1v) is 7.94. The molecule has 0 heterocycles. The number of hydrogen-bond donors (Lipinski definition) is 1. The number of nitrogens with zero attached hydrogens (tertiary/aromatic N) is 1. The first-order chi connectivity index (χ1) is 9.48. The molecule has 0 unspecified atom stereocenters. The minimum Gasteiger partial charge on any atom is -0.490 e. The molecule has 1 N–H and O–H groups in total. The molecule has 20 heavy (non-hydrogen) atoms. The average molecular weight is 298 g/mol. The van der Waals surface area contributed by atoms with Crippen molar-refractivity contribution in [3.63, 3.8) is 0 Å². The largest absolute Gasteiger partial charge is 0.490 e. The van der Waals surface area contributed by atoms with Crippen molar-refractivity contribution in [1.29, 1.82) is 0 Å². The van der Waals surface area contributed by atoms with E-state index in [1.807, 2.05) is 0 Å². The summed E-state index contributed by atoms with van der Waals surface area (Å²) < 4.78 is 16.7. The average Bonchev–Trinajstić information content (AvgIpc) is 2.36. The van der Waals surface area contributed by atoms with Crippen LogP contribution in [0.3, 0.4) is 0 Å². The number of hydrogen-bond acceptors (Lipinski definition) is 5. The van der Waals surface area contributed by atoms with Gasteiger partial charge in [0, 0.05) is 41.4 Å². The van der Waals surface area contributed by atoms with E-state index in [0.717, 1.165) is 24.9 Å². The molecule has 0 bridgehead atoms. The molecule has 1 atom stereocenters. The summed E-state index contributed by atoms with van der Waals surface area (Å²) in [7, 11) is 0.527. The van der Waals surface area contributed by atoms with Crippen LogP contribution in [0.4, 0.5) is 11.4 Å². The Morgan fingerprint density at radius 1 is 1.50 bits per heavy atom. The molecule has 1 aliphatic carbocycles. The van der Waals surface area contributed by atoms with Gasteiger partial charge >= 0.3 is 5.69 Å². The second-order valence-corrected chi connectivity index (χ2v) is 6.76. The first-order valence-electron chi connectivity index (χ1n) is 6.38. The summed E-state index contributed by atoms with van der Waals surface area (Å²) in [6.45, 7) is 0.608. The molecule has 2 rings (SSSR count). The van der Waals surface area contributed by atoms with Gasteiger partial charge in [-0.3, -0.25) is 14.3 Å². The highest BCUT2D eigenvalue weighted by molar-refractivity contribution is 7.85. The molecule has 0 amide bonds. The van der Waals surface area contributed by atoms with E-state index >= 15 is 0 Å². The fourth-order valence-electron chi connectivity index (χ4n) is 2.34. The van der Waals surface area contributed by atoms with Crippen LogP contribution in [0.15, 0.2) is 18.2 Å². The van der Waals surface area contributed by atoms with Crippen LogP contribution in [0.2, 0.25) is 0 Å². The molecule has 0 spiro atoms. The smallest absolute Gasteiger partial charge is 0.311 e. The molecule has 0 aromatic heterocycles. The molecule has 110 valence electrons. The standard InChI is InChI=1S/C13H18N2O4S/c1-19-12-8-10(4-5-11(12)15(16)17)14-9-13(20(2)18)6-3-7-13/h4-5,8,14H,3,6-7,9H2,1-2H3/t20-/m1/s1. The Bertz CT molecular complexity index is 543. The normalized spacial score (nSPS) is 17.9. The van der Waals surface area contributed by atoms with E-state index < -0.39 is 15.7 Å². The highest BCUT2D eigenvalue weighted by Gasteiger charge is 2.40. The van der Waals surface area contributed by atoms with E-state index in [0.29, 0.717) is 6.54 Å². The van der Waals surface area contributed by atoms with Gasteiger partial charge in [-0.15, -0.1) is 0 Å². The van der Waals surface area contributed by atoms with Crippen LogP contribution in [0.25, 0.3) is 0 Å². The first kappa shape index (κ1) is 14.8. The second kappa shape index (κ2) is 5.78. The Balaban J connectivity index is 2.10. The zero-order valence-corrected chi connectivity index (χ0v) is 12.4. The van der Waals surface area contributed by atoms with Gasteiger partial charge in [0.05, 0.1) is 16.8 Å². The highest BCUT2D eigenvalue weighted by atomic mass is 32.2. The van der Waals surface area contributed by atoms with Gasteiger partial charge < -0.3 is 10.1 Å². The lowest BCUT2D eigenvalue weighted by Crippen LogP contribution is -2.47. The molecule has 7 heteroatoms. The van der Waals surface area contributed by atoms with Crippen LogP contribution in [0.1, 0.15) is 19.3 Å². The van der Waals surface area contributed by atoms with Crippen LogP contribution in [0.5, 0.6) is 5.75 Å². The van der Waals surface area contributed by atoms with E-state index in [1.54, 1.807) is 18.4 Å². The maximum Gasteiger partial charge on any atom is 0.311 e. The summed E-state index contributed by atoms with van der Waals surface area (Å²) in [5.41, 5.74) is 0.680. The molecule has 0 aliphatic heterocycles. The number of rotatable bonds is 6. The van der Waals surface area contributed by atoms with Crippen molar-refractivity contribution in [1.82, 2.24) is 0 Å². The van der Waals surface area contributed by atoms with Crippen LogP contribution < -0.4 is 10.1 Å². The van der Waals surface area contributed by atoms with Gasteiger partial charge in [0.2, 0.25) is 0 Å². The highest BCUT2D eigenvalue weighted by Crippen LogP contribution is 2.37. The number of nitro benzene ring substituents is 1. The maximum absolute atomic E-state index is 11.8. The summed E-state index contributed by atoms with van der Waals surface area (Å²) in [5, 5.41) is 14.0. The molecule has 0 radical (unpaired) electrons. The third-order valence-corrected chi connectivity index (χ3v) is 5.64. The van der Waals surface area contributed by atoms with Crippen LogP contribution >= 0.6 is 0 Å². The molecular formula is C13H18N2O4S. The van der Waals surface area contributed by atoms with E-state index in [4.69, 9.17) is 4.74 Å². The molecule has 6 nitrogen and oxygen atoms in total. The zero-order chi connectivity index (χ0) is 14.8. The predicted molar refractivity (Wildman–Crippen MR) is 78.8 cm³/mol. The van der Waals surface area contributed by atoms with Crippen LogP contribution in [-0.4, -0.2) is 33.8 Å². The van der Waals surface area contributed by atoms with Crippen molar-refractivity contribution >= 4 is 22.2 Å². The molecule has 1 aromatic carbocycles. The van der Waals surface area contributed by atoms with Crippen LogP contribution in [-0.2, 0) is 10.8 Å². The summed E-state index contributed by atoms with van der Waals surface area (Å²) in [6.07, 6.45) is 4.74. The lowest BCUT2D eigenvalue weighted by atomic mass is 9.84. The number of ether oxygens (including phenoxy) is 1. The van der Waals surface area contributed by atoms with Crippen molar-refractivity contribution in [3.8, 4) is 5.75 Å². The number of benzene rings is 1. The van der Waals surface area contributed by atoms with Crippen molar-refractivity contribution in [2.24, 2.45) is 0 Å². The topological polar surface area (TPSA) is 81.5 Å². The number of methoxy groups -OCH3 is 1. The van der Waals surface area contributed by atoms with E-state index in [2.05, 4.69) is 5.32 Å². The monoisotopic (exact) mass is 298 g/mol. The number of nitro groups is 1. The molecule has 1 saturated carbocycles. The minimum atomic E-state index is -0.877. The SMILES string of the molecule is COc1cc(NCC2([S@@](C)=O)CCC2)ccc1[N+](=O)[O-]. The van der Waals surface area contributed by atoms with Gasteiger partial charge in [-0.2, -0.15) is 0 Å². The molecule has 1 aliphatic rings. The fraction of sp³-hybridized carbons (Fsp3) is 0.538. The summed E-state index contributed by atoms with van der Waals surface area (Å²) in [5.74, 6) is 0.222. The van der Waals surface area contributed by atoms with E-state index in [1.165, 1.54) is 13.2 Å². The number of nitrogens with one attached hydrogen (secondary N) is 1. The third-order valence-electron chi connectivity index (χ3n) is 3.87. The predicted octanol–water partition coefficient (Wildman–Crippen LogP) is 2.32. The Labute approximate surface area is 120 Å². The van der Waals surface area contributed by atoms with E-state index in [-0.39, 0.29) is 16.2 Å². The number of anilines is 1. The van der Waals surface area contributed by atoms with Gasteiger partial charge in [-0.1, -0.05) is 6.42 Å². The lowest BCUT2D eigenvalue weighted by Gasteiger charge is -2.40. The van der Waals surface area contributed by atoms with Gasteiger partial charge in [-0.25, -0.2) is 0 Å². The second-order valence-electron chi connectivity index (χ2n) is 4.99. The fourth-order valence-corrected chi connectivity index (χ4v) is 3.48. The summed E-state index contributed by atoms with van der Waals surface area (Å²) in [4.78, 5) is 10.3.